The van der Waals surface area contributed by atoms with Gasteiger partial charge in [-0.15, -0.1) is 0 Å². The number of hydrogen-bond acceptors (Lipinski definition) is 1. The largest absolute Gasteiger partial charge is 0.297 e. The van der Waals surface area contributed by atoms with Gasteiger partial charge in [0.05, 0.1) is 10.8 Å². The van der Waals surface area contributed by atoms with Crippen LogP contribution in [0.1, 0.15) is 80.2 Å². The summed E-state index contributed by atoms with van der Waals surface area (Å²) >= 11 is 0. The lowest BCUT2D eigenvalue weighted by Crippen LogP contribution is -2.52. The first kappa shape index (κ1) is 29.4. The second-order valence-corrected chi connectivity index (χ2v) is 20.2. The first-order valence-electron chi connectivity index (χ1n) is 22.9. The summed E-state index contributed by atoms with van der Waals surface area (Å²) in [5.41, 5.74) is 9.33. The molecule has 1 saturated heterocycles. The molecule has 0 radical (unpaired) electrons. The van der Waals surface area contributed by atoms with Crippen molar-refractivity contribution < 1.29 is 0 Å². The molecule has 1 fully saturated rings. The normalized spacial score (nSPS) is 23.3. The molecule has 1 nitrogen and oxygen atoms in total. The van der Waals surface area contributed by atoms with Crippen LogP contribution in [-0.4, -0.2) is 18.5 Å². The van der Waals surface area contributed by atoms with Crippen LogP contribution in [0, 0.1) is 0 Å². The van der Waals surface area contributed by atoms with E-state index in [2.05, 4.69) is 104 Å². The highest BCUT2D eigenvalue weighted by atomic mass is 15.2. The van der Waals surface area contributed by atoms with E-state index in [1.165, 1.54) is 94.1 Å². The molecule has 0 bridgehead atoms. The van der Waals surface area contributed by atoms with Crippen LogP contribution in [0.4, 0.5) is 0 Å². The van der Waals surface area contributed by atoms with E-state index in [9.17, 15) is 0 Å². The van der Waals surface area contributed by atoms with Crippen LogP contribution in [0.25, 0.3) is 130 Å². The number of hydrogen-bond donors (Lipinski definition) is 0. The molecule has 1 heterocycles. The van der Waals surface area contributed by atoms with E-state index < -0.39 is 0 Å². The summed E-state index contributed by atoms with van der Waals surface area (Å²) in [6.07, 6.45) is 15.9. The lowest BCUT2D eigenvalue weighted by Gasteiger charge is -2.52. The first-order chi connectivity index (χ1) is 29.2. The predicted octanol–water partition coefficient (Wildman–Crippen LogP) is 13.2. The number of nitrogens with zero attached hydrogens (tertiary/aromatic N) is 1. The summed E-state index contributed by atoms with van der Waals surface area (Å²) in [6.45, 7) is 3.36. The molecule has 3 atom stereocenters. The topological polar surface area (TPSA) is 3.24 Å². The van der Waals surface area contributed by atoms with Crippen LogP contribution >= 0.6 is 0 Å². The van der Waals surface area contributed by atoms with Crippen molar-refractivity contribution in [2.24, 2.45) is 0 Å². The fourth-order valence-corrected chi connectivity index (χ4v) is 16.9. The third-order valence-electron chi connectivity index (χ3n) is 18.3. The van der Waals surface area contributed by atoms with E-state index in [-0.39, 0.29) is 16.9 Å². The van der Waals surface area contributed by atoms with Crippen LogP contribution in [0.2, 0.25) is 0 Å². The highest BCUT2D eigenvalue weighted by molar-refractivity contribution is 6.64. The van der Waals surface area contributed by atoms with Crippen molar-refractivity contribution in [2.75, 3.05) is 13.6 Å². The highest BCUT2D eigenvalue weighted by Gasteiger charge is 2.73. The molecule has 1 heteroatoms. The Morgan fingerprint density at radius 3 is 1.59 bits per heavy atom. The molecular formula is C58H39N. The highest BCUT2D eigenvalue weighted by Crippen LogP contribution is 2.78. The summed E-state index contributed by atoms with van der Waals surface area (Å²) in [5.74, 6) is 0. The van der Waals surface area contributed by atoms with Gasteiger partial charge in [-0.25, -0.2) is 0 Å². The van der Waals surface area contributed by atoms with Gasteiger partial charge < -0.3 is 0 Å². The van der Waals surface area contributed by atoms with E-state index in [0.717, 1.165) is 6.54 Å². The van der Waals surface area contributed by atoms with Gasteiger partial charge >= 0.3 is 0 Å². The maximum atomic E-state index is 2.86. The molecular weight excluding hydrogens is 711 g/mol. The van der Waals surface area contributed by atoms with Gasteiger partial charge in [0, 0.05) is 12.6 Å². The Bertz CT molecular complexity index is 4240. The molecule has 4 aliphatic carbocycles. The van der Waals surface area contributed by atoms with Gasteiger partial charge in [-0.2, -0.15) is 0 Å². The minimum Gasteiger partial charge on any atom is -0.297 e. The minimum absolute atomic E-state index is 0.176. The average molecular weight is 750 g/mol. The molecule has 13 aromatic rings. The number of benzene rings is 9. The van der Waals surface area contributed by atoms with Gasteiger partial charge in [0.2, 0.25) is 0 Å². The third-order valence-corrected chi connectivity index (χ3v) is 18.3. The minimum atomic E-state index is -0.233. The Morgan fingerprint density at radius 2 is 0.949 bits per heavy atom. The average Bonchev–Trinajstić information content (AvgIpc) is 4.10. The Labute approximate surface area is 339 Å². The number of unbranched alkanes of at least 4 members (excludes halogenated alkanes) is 6. The quantitative estimate of drug-likeness (QED) is 0.105. The van der Waals surface area contributed by atoms with Crippen molar-refractivity contribution in [3.05, 3.63) is 118 Å². The summed E-state index contributed by atoms with van der Waals surface area (Å²) < 4.78 is 0. The van der Waals surface area contributed by atoms with Gasteiger partial charge in [-0.05, 0) is 182 Å². The zero-order chi connectivity index (χ0) is 37.7. The number of aryl methyl sites for hydroxylation is 1. The molecule has 0 aromatic heterocycles. The second-order valence-electron chi connectivity index (χ2n) is 20.2. The summed E-state index contributed by atoms with van der Waals surface area (Å²) in [6, 6.07) is 30.3. The van der Waals surface area contributed by atoms with E-state index in [0.29, 0.717) is 0 Å². The Balaban J connectivity index is 1.08. The molecule has 2 spiro atoms. The number of rotatable bonds is 9. The van der Waals surface area contributed by atoms with Crippen molar-refractivity contribution in [1.82, 2.24) is 4.90 Å². The summed E-state index contributed by atoms with van der Waals surface area (Å²) in [7, 11) is 2.51. The van der Waals surface area contributed by atoms with Gasteiger partial charge in [0.25, 0.3) is 0 Å². The van der Waals surface area contributed by atoms with Crippen molar-refractivity contribution in [3.8, 4) is 0 Å². The van der Waals surface area contributed by atoms with Crippen LogP contribution in [0.15, 0.2) is 84.9 Å². The molecule has 3 unspecified atom stereocenters. The maximum Gasteiger partial charge on any atom is 0.0568 e. The first-order valence-corrected chi connectivity index (χ1v) is 22.9. The van der Waals surface area contributed by atoms with Gasteiger partial charge in [0.15, 0.2) is 0 Å². The van der Waals surface area contributed by atoms with Crippen molar-refractivity contribution in [2.45, 2.75) is 75.2 Å². The van der Waals surface area contributed by atoms with Gasteiger partial charge in [-0.3, -0.25) is 4.90 Å². The summed E-state index contributed by atoms with van der Waals surface area (Å²) in [5, 5.41) is 37.1. The lowest BCUT2D eigenvalue weighted by atomic mass is 9.47. The van der Waals surface area contributed by atoms with E-state index in [1.807, 2.05) is 0 Å². The Morgan fingerprint density at radius 1 is 0.475 bits per heavy atom. The van der Waals surface area contributed by atoms with Crippen molar-refractivity contribution >= 4 is 130 Å². The SMILES string of the molecule is CCCCCCCCCc1ccccc1C1N(C)CC23C4=c5ccc6c7ccc8c9ccc%10c%11ccc%12c%13c(c%14c%15c2c5c6c2c7c8c5c9c%10c(c%13%11)c%14c5c%152)C13C=%12C=C4. The number of fused-ring (bicyclic) bond motifs is 3. The molecule has 0 amide bonds. The maximum absolute atomic E-state index is 2.86. The Kier molecular flexibility index (Phi) is 4.36. The third kappa shape index (κ3) is 2.47. The molecule has 5 aliphatic rings. The molecule has 59 heavy (non-hydrogen) atoms. The number of likely N-dealkylation sites (N-methyl/N-ethyl adjacent to an activating group) is 1. The van der Waals surface area contributed by atoms with E-state index >= 15 is 0 Å². The van der Waals surface area contributed by atoms with Gasteiger partial charge in [0.1, 0.15) is 0 Å². The second kappa shape index (κ2) is 8.74. The van der Waals surface area contributed by atoms with Crippen molar-refractivity contribution in [3.63, 3.8) is 0 Å². The molecule has 0 saturated carbocycles. The molecule has 18 rings (SSSR count). The van der Waals surface area contributed by atoms with Crippen molar-refractivity contribution in [1.29, 1.82) is 0 Å². The molecule has 276 valence electrons. The smallest absolute Gasteiger partial charge is 0.0568 e. The standard InChI is InChI=1S/C58H39N/c1-3-4-5-6-7-8-9-12-26-13-10-11-14-27(26)56-58-37-24-23-36-34-21-19-32-30-17-15-28-29-16-18-31-33-20-22-35(37)45-43(33)48-41(31)39(29)46-38(28)40(30)47-42(32)44(34)54(57(36,58)25-59(56)2)52-50(47)49(46)51(48)53(52)55(45)58/h10-11,13-24,56H,3-9,12,25H2,1-2H3. The fourth-order valence-electron chi connectivity index (χ4n) is 16.9. The van der Waals surface area contributed by atoms with E-state index in [4.69, 9.17) is 0 Å². The summed E-state index contributed by atoms with van der Waals surface area (Å²) in [4.78, 5) is 2.86. The van der Waals surface area contributed by atoms with Crippen LogP contribution in [0.3, 0.4) is 0 Å². The van der Waals surface area contributed by atoms with Crippen LogP contribution < -0.4 is 10.4 Å². The number of likely N-dealkylation sites (tertiary alicyclic amines) is 1. The number of allylic oxidation sites excluding steroid dienone is 2. The molecule has 13 aromatic carbocycles. The van der Waals surface area contributed by atoms with Gasteiger partial charge in [-0.1, -0.05) is 130 Å². The fraction of sp³-hybridized carbons (Fsp3) is 0.241. The van der Waals surface area contributed by atoms with Crippen LogP contribution in [0.5, 0.6) is 0 Å². The molecule has 0 N–H and O–H groups in total. The lowest BCUT2D eigenvalue weighted by molar-refractivity contribution is 0.279. The molecule has 1 aliphatic heterocycles. The predicted molar refractivity (Wildman–Crippen MR) is 251 cm³/mol. The Hall–Kier alpha value is -5.76. The zero-order valence-electron chi connectivity index (χ0n) is 33.5. The monoisotopic (exact) mass is 749 g/mol. The van der Waals surface area contributed by atoms with E-state index in [1.54, 1.807) is 120 Å². The zero-order valence-corrected chi connectivity index (χ0v) is 33.5. The van der Waals surface area contributed by atoms with Crippen LogP contribution in [-0.2, 0) is 17.3 Å².